The molecule has 2 aliphatic carbocycles. The average molecular weight is 389 g/mol. The Bertz CT molecular complexity index is 654. The molecule has 6 atom stereocenters. The van der Waals surface area contributed by atoms with Crippen LogP contribution in [0.1, 0.15) is 97.1 Å². The lowest BCUT2D eigenvalue weighted by Crippen LogP contribution is -2.59. The van der Waals surface area contributed by atoms with Crippen molar-refractivity contribution < 1.29 is 9.53 Å². The summed E-state index contributed by atoms with van der Waals surface area (Å²) in [4.78, 5) is 19.8. The quantitative estimate of drug-likeness (QED) is 0.586. The summed E-state index contributed by atoms with van der Waals surface area (Å²) in [6.45, 7) is 14.4. The zero-order valence-electron chi connectivity index (χ0n) is 18.8. The molecule has 2 aliphatic rings. The highest BCUT2D eigenvalue weighted by Gasteiger charge is 2.59. The minimum atomic E-state index is -0.298. The molecule has 1 aromatic heterocycles. The number of H-pyrrole nitrogens is 1. The summed E-state index contributed by atoms with van der Waals surface area (Å²) in [5.74, 6) is 2.68. The van der Waals surface area contributed by atoms with Gasteiger partial charge in [-0.05, 0) is 54.8 Å². The summed E-state index contributed by atoms with van der Waals surface area (Å²) >= 11 is 0. The Morgan fingerprint density at radius 3 is 2.71 bits per heavy atom. The van der Waals surface area contributed by atoms with Crippen molar-refractivity contribution in [2.75, 3.05) is 0 Å². The van der Waals surface area contributed by atoms with Crippen molar-refractivity contribution in [1.82, 2.24) is 9.97 Å². The van der Waals surface area contributed by atoms with Crippen molar-refractivity contribution in [1.29, 1.82) is 0 Å². The molecule has 1 heterocycles. The van der Waals surface area contributed by atoms with E-state index in [4.69, 9.17) is 4.74 Å². The third-order valence-corrected chi connectivity index (χ3v) is 8.44. The van der Waals surface area contributed by atoms with Gasteiger partial charge < -0.3 is 9.72 Å². The third-order valence-electron chi connectivity index (χ3n) is 8.44. The second-order valence-corrected chi connectivity index (χ2v) is 10.5. The van der Waals surface area contributed by atoms with E-state index in [0.717, 1.165) is 18.8 Å². The molecule has 0 saturated heterocycles. The summed E-state index contributed by atoms with van der Waals surface area (Å²) in [6, 6.07) is 0. The average Bonchev–Trinajstić information content (AvgIpc) is 3.18. The molecule has 0 radical (unpaired) electrons. The van der Waals surface area contributed by atoms with Gasteiger partial charge in [0.1, 0.15) is 6.10 Å². The summed E-state index contributed by atoms with van der Waals surface area (Å²) in [7, 11) is 0. The van der Waals surface area contributed by atoms with Crippen molar-refractivity contribution in [2.24, 2.45) is 34.5 Å². The highest BCUT2D eigenvalue weighted by molar-refractivity contribution is 5.85. The number of hydrogen-bond donors (Lipinski definition) is 1. The van der Waals surface area contributed by atoms with Crippen LogP contribution in [0.15, 0.2) is 12.4 Å². The van der Waals surface area contributed by atoms with Gasteiger partial charge in [0.2, 0.25) is 5.82 Å². The second kappa shape index (κ2) is 8.20. The zero-order valence-corrected chi connectivity index (χ0v) is 18.8. The van der Waals surface area contributed by atoms with Crippen LogP contribution in [-0.4, -0.2) is 22.0 Å². The van der Waals surface area contributed by atoms with E-state index in [-0.39, 0.29) is 17.5 Å². The molecular weight excluding hydrogens is 348 g/mol. The summed E-state index contributed by atoms with van der Waals surface area (Å²) in [6.07, 6.45) is 11.7. The van der Waals surface area contributed by atoms with Crippen LogP contribution in [0.2, 0.25) is 0 Å². The second-order valence-electron chi connectivity index (χ2n) is 10.5. The van der Waals surface area contributed by atoms with Crippen molar-refractivity contribution in [3.63, 3.8) is 0 Å². The van der Waals surface area contributed by atoms with E-state index >= 15 is 0 Å². The van der Waals surface area contributed by atoms with Crippen LogP contribution in [0.4, 0.5) is 0 Å². The van der Waals surface area contributed by atoms with Gasteiger partial charge in [-0.15, -0.1) is 0 Å². The van der Waals surface area contributed by atoms with Gasteiger partial charge in [-0.25, -0.2) is 9.78 Å². The Morgan fingerprint density at radius 2 is 2.07 bits per heavy atom. The number of imidazole rings is 1. The number of esters is 1. The number of ether oxygens (including phenoxy) is 1. The number of fused-ring (bicyclic) bond motifs is 1. The molecule has 4 heteroatoms. The van der Waals surface area contributed by atoms with Gasteiger partial charge in [-0.1, -0.05) is 60.8 Å². The Balaban J connectivity index is 1.89. The Kier molecular flexibility index (Phi) is 6.26. The van der Waals surface area contributed by atoms with E-state index in [1.54, 1.807) is 12.4 Å². The Labute approximate surface area is 171 Å². The van der Waals surface area contributed by atoms with Gasteiger partial charge in [0, 0.05) is 17.8 Å². The highest BCUT2D eigenvalue weighted by atomic mass is 16.5. The molecule has 0 aromatic carbocycles. The molecule has 0 bridgehead atoms. The molecule has 0 spiro atoms. The fourth-order valence-corrected chi connectivity index (χ4v) is 6.51. The molecule has 4 nitrogen and oxygen atoms in total. The van der Waals surface area contributed by atoms with Gasteiger partial charge in [-0.3, -0.25) is 0 Å². The van der Waals surface area contributed by atoms with Crippen LogP contribution in [0.3, 0.4) is 0 Å². The van der Waals surface area contributed by atoms with Crippen molar-refractivity contribution in [3.8, 4) is 0 Å². The SMILES string of the molecule is CC[C@@H](C)CC[C@H]1[C@@H](C)CC[C@H]2C(C)(C)CCC(OC(=O)c3ncc[nH]3)[C@]12C. The first-order chi connectivity index (χ1) is 13.2. The first-order valence-electron chi connectivity index (χ1n) is 11.4. The van der Waals surface area contributed by atoms with E-state index in [0.29, 0.717) is 29.0 Å². The van der Waals surface area contributed by atoms with Crippen molar-refractivity contribution in [2.45, 2.75) is 92.6 Å². The lowest BCUT2D eigenvalue weighted by molar-refractivity contribution is -0.170. The molecule has 2 fully saturated rings. The fraction of sp³-hybridized carbons (Fsp3) is 0.833. The molecule has 1 aromatic rings. The zero-order chi connectivity index (χ0) is 20.5. The fourth-order valence-electron chi connectivity index (χ4n) is 6.51. The molecular formula is C24H40N2O2. The van der Waals surface area contributed by atoms with Gasteiger partial charge in [-0.2, -0.15) is 0 Å². The van der Waals surface area contributed by atoms with E-state index < -0.39 is 0 Å². The number of hydrogen-bond acceptors (Lipinski definition) is 3. The van der Waals surface area contributed by atoms with Crippen LogP contribution in [0.25, 0.3) is 0 Å². The number of carbonyl (C=O) groups is 1. The monoisotopic (exact) mass is 388 g/mol. The standard InChI is InChI=1S/C24H40N2O2/c1-7-16(2)8-10-18-17(3)9-11-19-23(4,5)13-12-20(24(18,19)6)28-22(27)21-25-14-15-26-21/h14-20H,7-13H2,1-6H3,(H,25,26)/t16-,17+,18+,19+,20?,24-/m1/s1. The third kappa shape index (κ3) is 3.89. The van der Waals surface area contributed by atoms with Gasteiger partial charge in [0.05, 0.1) is 0 Å². The van der Waals surface area contributed by atoms with Gasteiger partial charge in [0.15, 0.2) is 0 Å². The number of carbonyl (C=O) groups excluding carboxylic acids is 1. The summed E-state index contributed by atoms with van der Waals surface area (Å²) < 4.78 is 6.18. The molecule has 1 N–H and O–H groups in total. The van der Waals surface area contributed by atoms with E-state index in [1.165, 1.54) is 32.1 Å². The molecule has 2 saturated carbocycles. The molecule has 158 valence electrons. The molecule has 0 aliphatic heterocycles. The molecule has 3 rings (SSSR count). The normalized spacial score (nSPS) is 35.8. The lowest BCUT2D eigenvalue weighted by Gasteiger charge is -2.61. The van der Waals surface area contributed by atoms with Crippen LogP contribution >= 0.6 is 0 Å². The van der Waals surface area contributed by atoms with E-state index in [1.807, 2.05) is 0 Å². The molecule has 0 amide bonds. The van der Waals surface area contributed by atoms with Crippen LogP contribution in [0.5, 0.6) is 0 Å². The highest BCUT2D eigenvalue weighted by Crippen LogP contribution is 2.62. The number of aromatic amines is 1. The number of rotatable bonds is 6. The first kappa shape index (κ1) is 21.4. The molecule has 1 unspecified atom stereocenters. The maximum absolute atomic E-state index is 12.7. The maximum Gasteiger partial charge on any atom is 0.374 e. The van der Waals surface area contributed by atoms with Crippen molar-refractivity contribution in [3.05, 3.63) is 18.2 Å². The van der Waals surface area contributed by atoms with E-state index in [9.17, 15) is 4.79 Å². The van der Waals surface area contributed by atoms with Crippen LogP contribution in [0, 0.1) is 34.5 Å². The largest absolute Gasteiger partial charge is 0.456 e. The predicted molar refractivity (Wildman–Crippen MR) is 113 cm³/mol. The Hall–Kier alpha value is -1.32. The maximum atomic E-state index is 12.7. The smallest absolute Gasteiger partial charge is 0.374 e. The first-order valence-corrected chi connectivity index (χ1v) is 11.4. The molecule has 28 heavy (non-hydrogen) atoms. The number of nitrogens with one attached hydrogen (secondary N) is 1. The van der Waals surface area contributed by atoms with Gasteiger partial charge >= 0.3 is 5.97 Å². The van der Waals surface area contributed by atoms with Crippen LogP contribution in [-0.2, 0) is 4.74 Å². The summed E-state index contributed by atoms with van der Waals surface area (Å²) in [5.41, 5.74) is 0.340. The number of nitrogens with zero attached hydrogens (tertiary/aromatic N) is 1. The number of aromatic nitrogens is 2. The minimum absolute atomic E-state index is 0.0205. The van der Waals surface area contributed by atoms with Gasteiger partial charge in [0.25, 0.3) is 0 Å². The predicted octanol–water partition coefficient (Wildman–Crippen LogP) is 6.25. The minimum Gasteiger partial charge on any atom is -0.456 e. The summed E-state index contributed by atoms with van der Waals surface area (Å²) in [5, 5.41) is 0. The van der Waals surface area contributed by atoms with Crippen molar-refractivity contribution >= 4 is 5.97 Å². The van der Waals surface area contributed by atoms with Crippen LogP contribution < -0.4 is 0 Å². The topological polar surface area (TPSA) is 55.0 Å². The lowest BCUT2D eigenvalue weighted by atomic mass is 9.45. The van der Waals surface area contributed by atoms with E-state index in [2.05, 4.69) is 51.5 Å². The Morgan fingerprint density at radius 1 is 1.32 bits per heavy atom.